The number of nitriles is 1. The van der Waals surface area contributed by atoms with Gasteiger partial charge in [0.15, 0.2) is 11.5 Å². The van der Waals surface area contributed by atoms with E-state index in [0.29, 0.717) is 33.7 Å². The average Bonchev–Trinajstić information content (AvgIpc) is 3.32. The number of ether oxygens (including phenoxy) is 2. The van der Waals surface area contributed by atoms with E-state index in [9.17, 15) is 5.26 Å². The smallest absolute Gasteiger partial charge is 0.161 e. The maximum atomic E-state index is 9.72. The SMILES string of the molecule is COc1cc(C=C(C#N)c2nc(-c3ccc(Cl)cc3)cs2)ccc1OCc1ccccc1. The van der Waals surface area contributed by atoms with Crippen molar-refractivity contribution >= 4 is 34.6 Å². The van der Waals surface area contributed by atoms with E-state index in [-0.39, 0.29) is 0 Å². The molecule has 0 spiro atoms. The number of benzene rings is 3. The van der Waals surface area contributed by atoms with Crippen molar-refractivity contribution in [3.05, 3.63) is 99.3 Å². The van der Waals surface area contributed by atoms with Crippen molar-refractivity contribution in [1.29, 1.82) is 5.26 Å². The molecule has 0 aliphatic rings. The second-order valence-corrected chi connectivity index (χ2v) is 8.19. The summed E-state index contributed by atoms with van der Waals surface area (Å²) in [6.07, 6.45) is 1.80. The van der Waals surface area contributed by atoms with Gasteiger partial charge in [-0.1, -0.05) is 60.1 Å². The van der Waals surface area contributed by atoms with E-state index in [4.69, 9.17) is 21.1 Å². The second-order valence-electron chi connectivity index (χ2n) is 6.90. The number of methoxy groups -OCH3 is 1. The third kappa shape index (κ3) is 5.17. The molecule has 6 heteroatoms. The number of nitrogens with zero attached hydrogens (tertiary/aromatic N) is 2. The number of rotatable bonds is 7. The molecule has 32 heavy (non-hydrogen) atoms. The van der Waals surface area contributed by atoms with Gasteiger partial charge in [0.25, 0.3) is 0 Å². The molecule has 0 fully saturated rings. The number of hydrogen-bond acceptors (Lipinski definition) is 5. The fourth-order valence-electron chi connectivity index (χ4n) is 3.09. The predicted octanol–water partition coefficient (Wildman–Crippen LogP) is 7.12. The monoisotopic (exact) mass is 458 g/mol. The molecule has 158 valence electrons. The van der Waals surface area contributed by atoms with Crippen molar-refractivity contribution in [3.8, 4) is 28.8 Å². The highest BCUT2D eigenvalue weighted by atomic mass is 35.5. The van der Waals surface area contributed by atoms with E-state index in [1.165, 1.54) is 11.3 Å². The van der Waals surface area contributed by atoms with Gasteiger partial charge in [0.2, 0.25) is 0 Å². The Hall–Kier alpha value is -3.59. The van der Waals surface area contributed by atoms with Gasteiger partial charge in [0, 0.05) is 16.0 Å². The van der Waals surface area contributed by atoms with Gasteiger partial charge in [0.1, 0.15) is 17.7 Å². The highest BCUT2D eigenvalue weighted by Crippen LogP contribution is 2.32. The van der Waals surface area contributed by atoms with E-state index >= 15 is 0 Å². The number of halogens is 1. The Morgan fingerprint density at radius 2 is 1.84 bits per heavy atom. The van der Waals surface area contributed by atoms with Crippen LogP contribution >= 0.6 is 22.9 Å². The lowest BCUT2D eigenvalue weighted by Crippen LogP contribution is -1.97. The molecule has 0 amide bonds. The Morgan fingerprint density at radius 1 is 1.06 bits per heavy atom. The molecule has 4 rings (SSSR count). The molecule has 0 aliphatic heterocycles. The Kier molecular flexibility index (Phi) is 6.86. The van der Waals surface area contributed by atoms with Crippen LogP contribution < -0.4 is 9.47 Å². The topological polar surface area (TPSA) is 55.1 Å². The fraction of sp³-hybridized carbons (Fsp3) is 0.0769. The van der Waals surface area contributed by atoms with Gasteiger partial charge in [-0.2, -0.15) is 5.26 Å². The fourth-order valence-corrected chi connectivity index (χ4v) is 4.01. The summed E-state index contributed by atoms with van der Waals surface area (Å²) >= 11 is 7.39. The summed E-state index contributed by atoms with van der Waals surface area (Å²) in [5.41, 5.74) is 4.15. The molecule has 0 N–H and O–H groups in total. The van der Waals surface area contributed by atoms with Crippen LogP contribution in [0.1, 0.15) is 16.1 Å². The van der Waals surface area contributed by atoms with Gasteiger partial charge in [-0.05, 0) is 41.5 Å². The summed E-state index contributed by atoms with van der Waals surface area (Å²) in [7, 11) is 1.60. The standard InChI is InChI=1S/C26H19ClN2O2S/c1-30-25-14-19(7-12-24(25)31-16-18-5-3-2-4-6-18)13-21(15-28)26-29-23(17-32-26)20-8-10-22(27)11-9-20/h2-14,17H,16H2,1H3. The van der Waals surface area contributed by atoms with E-state index < -0.39 is 0 Å². The first-order valence-electron chi connectivity index (χ1n) is 9.84. The lowest BCUT2D eigenvalue weighted by Gasteiger charge is -2.11. The van der Waals surface area contributed by atoms with Crippen molar-refractivity contribution in [3.63, 3.8) is 0 Å². The molecule has 0 atom stereocenters. The summed E-state index contributed by atoms with van der Waals surface area (Å²) in [6, 6.07) is 25.3. The summed E-state index contributed by atoms with van der Waals surface area (Å²) in [6.45, 7) is 0.447. The summed E-state index contributed by atoms with van der Waals surface area (Å²) < 4.78 is 11.4. The first-order valence-corrected chi connectivity index (χ1v) is 11.1. The van der Waals surface area contributed by atoms with Crippen molar-refractivity contribution in [1.82, 2.24) is 4.98 Å². The van der Waals surface area contributed by atoms with Crippen LogP contribution in [-0.4, -0.2) is 12.1 Å². The molecule has 1 aromatic heterocycles. The van der Waals surface area contributed by atoms with E-state index in [2.05, 4.69) is 11.1 Å². The van der Waals surface area contributed by atoms with Crippen molar-refractivity contribution in [2.45, 2.75) is 6.61 Å². The quantitative estimate of drug-likeness (QED) is 0.277. The maximum Gasteiger partial charge on any atom is 0.161 e. The molecular weight excluding hydrogens is 440 g/mol. The van der Waals surface area contributed by atoms with Gasteiger partial charge < -0.3 is 9.47 Å². The molecule has 0 bridgehead atoms. The Morgan fingerprint density at radius 3 is 2.56 bits per heavy atom. The van der Waals surface area contributed by atoms with E-state index in [1.54, 1.807) is 13.2 Å². The summed E-state index contributed by atoms with van der Waals surface area (Å²) in [5, 5.41) is 13.0. The molecule has 4 aromatic rings. The van der Waals surface area contributed by atoms with Crippen LogP contribution in [0.4, 0.5) is 0 Å². The molecular formula is C26H19ClN2O2S. The largest absolute Gasteiger partial charge is 0.493 e. The maximum absolute atomic E-state index is 9.72. The first-order chi connectivity index (χ1) is 15.7. The minimum atomic E-state index is 0.447. The van der Waals surface area contributed by atoms with Crippen LogP contribution in [0.2, 0.25) is 5.02 Å². The normalized spacial score (nSPS) is 11.1. The minimum absolute atomic E-state index is 0.447. The summed E-state index contributed by atoms with van der Waals surface area (Å²) in [5.74, 6) is 1.25. The Labute approximate surface area is 196 Å². The summed E-state index contributed by atoms with van der Waals surface area (Å²) in [4.78, 5) is 4.63. The highest BCUT2D eigenvalue weighted by molar-refractivity contribution is 7.11. The number of hydrogen-bond donors (Lipinski definition) is 0. The second kappa shape index (κ2) is 10.1. The van der Waals surface area contributed by atoms with Gasteiger partial charge >= 0.3 is 0 Å². The molecule has 0 radical (unpaired) electrons. The third-order valence-corrected chi connectivity index (χ3v) is 5.86. The van der Waals surface area contributed by atoms with Crippen LogP contribution in [0.25, 0.3) is 22.9 Å². The highest BCUT2D eigenvalue weighted by Gasteiger charge is 2.11. The van der Waals surface area contributed by atoms with Gasteiger partial charge in [0.05, 0.1) is 18.4 Å². The van der Waals surface area contributed by atoms with Crippen LogP contribution in [-0.2, 0) is 6.61 Å². The minimum Gasteiger partial charge on any atom is -0.493 e. The van der Waals surface area contributed by atoms with Crippen molar-refractivity contribution < 1.29 is 9.47 Å². The van der Waals surface area contributed by atoms with Gasteiger partial charge in [-0.25, -0.2) is 4.98 Å². The zero-order chi connectivity index (χ0) is 22.3. The molecule has 0 unspecified atom stereocenters. The average molecular weight is 459 g/mol. The van der Waals surface area contributed by atoms with Crippen molar-refractivity contribution in [2.24, 2.45) is 0 Å². The Bertz CT molecular complexity index is 1280. The lowest BCUT2D eigenvalue weighted by atomic mass is 10.1. The zero-order valence-corrected chi connectivity index (χ0v) is 18.9. The molecule has 0 saturated carbocycles. The molecule has 1 heterocycles. The number of allylic oxidation sites excluding steroid dienone is 1. The third-order valence-electron chi connectivity index (χ3n) is 4.73. The molecule has 3 aromatic carbocycles. The van der Waals surface area contributed by atoms with Crippen LogP contribution in [0, 0.1) is 11.3 Å². The number of thiazole rings is 1. The lowest BCUT2D eigenvalue weighted by molar-refractivity contribution is 0.284. The van der Waals surface area contributed by atoms with Crippen LogP contribution in [0.3, 0.4) is 0 Å². The van der Waals surface area contributed by atoms with E-state index in [0.717, 1.165) is 22.4 Å². The van der Waals surface area contributed by atoms with Crippen LogP contribution in [0.15, 0.2) is 78.2 Å². The van der Waals surface area contributed by atoms with Crippen LogP contribution in [0.5, 0.6) is 11.5 Å². The first kappa shape index (κ1) is 21.6. The van der Waals surface area contributed by atoms with Gasteiger partial charge in [-0.15, -0.1) is 11.3 Å². The Balaban J connectivity index is 1.55. The zero-order valence-electron chi connectivity index (χ0n) is 17.3. The molecule has 0 aliphatic carbocycles. The number of aromatic nitrogens is 1. The molecule has 4 nitrogen and oxygen atoms in total. The van der Waals surface area contributed by atoms with E-state index in [1.807, 2.05) is 78.2 Å². The molecule has 0 saturated heterocycles. The van der Waals surface area contributed by atoms with Crippen molar-refractivity contribution in [2.75, 3.05) is 7.11 Å². The van der Waals surface area contributed by atoms with Gasteiger partial charge in [-0.3, -0.25) is 0 Å². The predicted molar refractivity (Wildman–Crippen MR) is 130 cm³/mol.